The molecule has 168 valence electrons. The quantitative estimate of drug-likeness (QED) is 0.788. The number of aryl methyl sites for hydroxylation is 2. The number of hydrogen-bond acceptors (Lipinski definition) is 6. The van der Waals surface area contributed by atoms with E-state index < -0.39 is 11.3 Å². The Morgan fingerprint density at radius 2 is 1.77 bits per heavy atom. The van der Waals surface area contributed by atoms with E-state index in [0.29, 0.717) is 51.1 Å². The van der Waals surface area contributed by atoms with Gasteiger partial charge < -0.3 is 19.3 Å². The average molecular weight is 430 g/mol. The zero-order valence-electron chi connectivity index (χ0n) is 18.3. The van der Waals surface area contributed by atoms with Crippen molar-refractivity contribution >= 4 is 11.5 Å². The van der Waals surface area contributed by atoms with E-state index in [1.807, 2.05) is 32.0 Å². The van der Waals surface area contributed by atoms with E-state index in [-0.39, 0.29) is 17.8 Å². The standard InChI is InChI=1S/C24H31NO6/c1-16-5-3-6-17(2)19(16)20-21(26)23(8-10-24(11-9-23)29-13-14-30-24)25(22(20)27)31-15-18-7-4-12-28-18/h3,5-6,18,26H,4,7-15H2,1-2H3. The maximum absolute atomic E-state index is 13.7. The number of nitrogens with zero attached hydrogens (tertiary/aromatic N) is 1. The van der Waals surface area contributed by atoms with Crippen molar-refractivity contribution in [3.8, 4) is 0 Å². The first-order valence-electron chi connectivity index (χ1n) is 11.3. The van der Waals surface area contributed by atoms with Crippen LogP contribution in [-0.4, -0.2) is 59.9 Å². The first kappa shape index (κ1) is 20.9. The summed E-state index contributed by atoms with van der Waals surface area (Å²) in [6.07, 6.45) is 4.14. The molecule has 1 amide bonds. The van der Waals surface area contributed by atoms with E-state index in [1.165, 1.54) is 5.06 Å². The molecule has 1 aliphatic carbocycles. The molecule has 1 atom stereocenters. The third kappa shape index (κ3) is 3.39. The molecule has 1 unspecified atom stereocenters. The van der Waals surface area contributed by atoms with E-state index in [1.54, 1.807) is 0 Å². The summed E-state index contributed by atoms with van der Waals surface area (Å²) in [5, 5.41) is 13.0. The molecule has 4 aliphatic rings. The van der Waals surface area contributed by atoms with Crippen LogP contribution in [0.4, 0.5) is 0 Å². The number of hydroxylamine groups is 2. The monoisotopic (exact) mass is 429 g/mol. The first-order chi connectivity index (χ1) is 15.0. The molecule has 3 heterocycles. The lowest BCUT2D eigenvalue weighted by Gasteiger charge is -2.45. The molecule has 2 saturated heterocycles. The van der Waals surface area contributed by atoms with Crippen molar-refractivity contribution in [3.63, 3.8) is 0 Å². The van der Waals surface area contributed by atoms with Crippen molar-refractivity contribution in [2.24, 2.45) is 0 Å². The highest BCUT2D eigenvalue weighted by Gasteiger charge is 2.58. The molecule has 1 aromatic rings. The molecule has 1 aromatic carbocycles. The van der Waals surface area contributed by atoms with Crippen LogP contribution in [0.1, 0.15) is 55.2 Å². The average Bonchev–Trinajstić information content (AvgIpc) is 3.47. The molecule has 5 rings (SSSR count). The van der Waals surface area contributed by atoms with Crippen LogP contribution < -0.4 is 0 Å². The van der Waals surface area contributed by atoms with Gasteiger partial charge in [-0.3, -0.25) is 9.63 Å². The van der Waals surface area contributed by atoms with Gasteiger partial charge in [-0.1, -0.05) is 18.2 Å². The van der Waals surface area contributed by atoms with Crippen molar-refractivity contribution < 1.29 is 28.9 Å². The second-order valence-electron chi connectivity index (χ2n) is 9.16. The summed E-state index contributed by atoms with van der Waals surface area (Å²) < 4.78 is 17.5. The van der Waals surface area contributed by atoms with Crippen molar-refractivity contribution in [2.45, 2.75) is 69.8 Å². The summed E-state index contributed by atoms with van der Waals surface area (Å²) in [6.45, 7) is 6.13. The topological polar surface area (TPSA) is 77.5 Å². The molecular formula is C24H31NO6. The Labute approximate surface area is 182 Å². The van der Waals surface area contributed by atoms with Crippen molar-refractivity contribution in [1.29, 1.82) is 0 Å². The van der Waals surface area contributed by atoms with Gasteiger partial charge in [-0.15, -0.1) is 0 Å². The van der Waals surface area contributed by atoms with Crippen molar-refractivity contribution in [1.82, 2.24) is 5.06 Å². The SMILES string of the molecule is Cc1cccc(C)c1C1=C(O)C2(CCC3(CC2)OCCO3)N(OCC2CCCO2)C1=O. The molecule has 31 heavy (non-hydrogen) atoms. The van der Waals surface area contributed by atoms with E-state index >= 15 is 0 Å². The Balaban J connectivity index is 1.50. The molecule has 1 saturated carbocycles. The Morgan fingerprint density at radius 1 is 1.10 bits per heavy atom. The zero-order chi connectivity index (χ0) is 21.6. The van der Waals surface area contributed by atoms with Gasteiger partial charge in [-0.05, 0) is 56.2 Å². The summed E-state index contributed by atoms with van der Waals surface area (Å²) in [5.41, 5.74) is 2.16. The number of ether oxygens (including phenoxy) is 3. The Morgan fingerprint density at radius 3 is 2.39 bits per heavy atom. The maximum atomic E-state index is 13.7. The number of aliphatic hydroxyl groups excluding tert-OH is 1. The molecule has 2 spiro atoms. The Kier molecular flexibility index (Phi) is 5.33. The minimum atomic E-state index is -0.902. The van der Waals surface area contributed by atoms with Gasteiger partial charge in [0.1, 0.15) is 17.9 Å². The number of carbonyl (C=O) groups is 1. The molecule has 7 nitrogen and oxygen atoms in total. The fourth-order valence-corrected chi connectivity index (χ4v) is 5.55. The molecule has 3 fully saturated rings. The van der Waals surface area contributed by atoms with Gasteiger partial charge in [0.05, 0.1) is 24.9 Å². The number of rotatable bonds is 4. The van der Waals surface area contributed by atoms with Gasteiger partial charge in [0.25, 0.3) is 5.91 Å². The summed E-state index contributed by atoms with van der Waals surface area (Å²) in [4.78, 5) is 19.8. The lowest BCUT2D eigenvalue weighted by molar-refractivity contribution is -0.247. The van der Waals surface area contributed by atoms with Gasteiger partial charge in [-0.25, -0.2) is 5.06 Å². The number of benzene rings is 1. The third-order valence-corrected chi connectivity index (χ3v) is 7.26. The smallest absolute Gasteiger partial charge is 0.282 e. The lowest BCUT2D eigenvalue weighted by Crippen LogP contribution is -2.54. The number of carbonyl (C=O) groups excluding carboxylic acids is 1. The normalized spacial score (nSPS) is 27.2. The van der Waals surface area contributed by atoms with Gasteiger partial charge >= 0.3 is 0 Å². The molecule has 0 bridgehead atoms. The highest BCUT2D eigenvalue weighted by atomic mass is 16.7. The number of aliphatic hydroxyl groups is 1. The lowest BCUT2D eigenvalue weighted by atomic mass is 9.77. The highest BCUT2D eigenvalue weighted by molar-refractivity contribution is 6.23. The van der Waals surface area contributed by atoms with Gasteiger partial charge in [-0.2, -0.15) is 0 Å². The van der Waals surface area contributed by atoms with Gasteiger partial charge in [0.2, 0.25) is 0 Å². The van der Waals surface area contributed by atoms with Crippen LogP contribution in [0.15, 0.2) is 24.0 Å². The summed E-state index contributed by atoms with van der Waals surface area (Å²) >= 11 is 0. The Bertz CT molecular complexity index is 867. The minimum Gasteiger partial charge on any atom is -0.509 e. The van der Waals surface area contributed by atoms with Gasteiger partial charge in [0, 0.05) is 19.4 Å². The number of hydrogen-bond donors (Lipinski definition) is 1. The van der Waals surface area contributed by atoms with Crippen molar-refractivity contribution in [2.75, 3.05) is 26.4 Å². The summed E-state index contributed by atoms with van der Waals surface area (Å²) in [7, 11) is 0. The van der Waals surface area contributed by atoms with Crippen LogP contribution in [0.25, 0.3) is 5.57 Å². The van der Waals surface area contributed by atoms with E-state index in [4.69, 9.17) is 19.0 Å². The van der Waals surface area contributed by atoms with Gasteiger partial charge in [0.15, 0.2) is 5.79 Å². The summed E-state index contributed by atoms with van der Waals surface area (Å²) in [6, 6.07) is 5.90. The molecular weight excluding hydrogens is 398 g/mol. The molecule has 3 aliphatic heterocycles. The van der Waals surface area contributed by atoms with Crippen LogP contribution in [0.5, 0.6) is 0 Å². The first-order valence-corrected chi connectivity index (χ1v) is 11.3. The predicted octanol–water partition coefficient (Wildman–Crippen LogP) is 3.58. The van der Waals surface area contributed by atoms with Crippen LogP contribution in [-0.2, 0) is 23.8 Å². The minimum absolute atomic E-state index is 0.0207. The van der Waals surface area contributed by atoms with Crippen LogP contribution in [0.2, 0.25) is 0 Å². The summed E-state index contributed by atoms with van der Waals surface area (Å²) in [5.74, 6) is -0.775. The zero-order valence-corrected chi connectivity index (χ0v) is 18.3. The van der Waals surface area contributed by atoms with Crippen molar-refractivity contribution in [3.05, 3.63) is 40.6 Å². The van der Waals surface area contributed by atoms with E-state index in [0.717, 1.165) is 36.1 Å². The number of amides is 1. The largest absolute Gasteiger partial charge is 0.509 e. The third-order valence-electron chi connectivity index (χ3n) is 7.26. The van der Waals surface area contributed by atoms with E-state index in [9.17, 15) is 9.90 Å². The highest BCUT2D eigenvalue weighted by Crippen LogP contribution is 2.51. The maximum Gasteiger partial charge on any atom is 0.282 e. The second kappa shape index (κ2) is 7.89. The Hall–Kier alpha value is -1.93. The second-order valence-corrected chi connectivity index (χ2v) is 9.16. The van der Waals surface area contributed by atoms with Crippen LogP contribution in [0.3, 0.4) is 0 Å². The molecule has 0 aromatic heterocycles. The fraction of sp³-hybridized carbons (Fsp3) is 0.625. The van der Waals surface area contributed by atoms with Crippen LogP contribution >= 0.6 is 0 Å². The molecule has 7 heteroatoms. The molecule has 0 radical (unpaired) electrons. The fourth-order valence-electron chi connectivity index (χ4n) is 5.55. The van der Waals surface area contributed by atoms with Crippen LogP contribution in [0, 0.1) is 13.8 Å². The predicted molar refractivity (Wildman–Crippen MR) is 113 cm³/mol. The van der Waals surface area contributed by atoms with E-state index in [2.05, 4.69) is 0 Å². The molecule has 1 N–H and O–H groups in total.